The van der Waals surface area contributed by atoms with Crippen LogP contribution in [0, 0.1) is 33.8 Å². The Morgan fingerprint density at radius 2 is 0.866 bits per heavy atom. The number of carbonyl (C=O) groups excluding carboxylic acids is 4. The minimum atomic E-state index is -0.725. The van der Waals surface area contributed by atoms with Crippen molar-refractivity contribution in [1.82, 2.24) is 19.9 Å². The van der Waals surface area contributed by atoms with E-state index in [1.807, 2.05) is 55.4 Å². The van der Waals surface area contributed by atoms with Crippen LogP contribution in [0.15, 0.2) is 93.9 Å². The number of nitrogens with zero attached hydrogens (tertiary/aromatic N) is 5. The molecular formula is C58H60Br2Cl2N8O12. The first kappa shape index (κ1) is 63.7. The van der Waals surface area contributed by atoms with Crippen molar-refractivity contribution in [3.63, 3.8) is 0 Å². The Kier molecular flexibility index (Phi) is 22.1. The number of carbonyl (C=O) groups is 4. The van der Waals surface area contributed by atoms with Crippen LogP contribution < -0.4 is 34.9 Å². The number of amides is 3. The van der Waals surface area contributed by atoms with Crippen LogP contribution in [0.25, 0.3) is 43.6 Å². The average Bonchev–Trinajstić information content (AvgIpc) is 3.63. The second kappa shape index (κ2) is 28.5. The Balaban J connectivity index is 0.00000264. The largest absolute Gasteiger partial charge is 0.493 e. The summed E-state index contributed by atoms with van der Waals surface area (Å²) < 4.78 is 31.0. The molecule has 0 aliphatic heterocycles. The quantitative estimate of drug-likeness (QED) is 0.0277. The lowest BCUT2D eigenvalue weighted by Gasteiger charge is -2.18. The van der Waals surface area contributed by atoms with Crippen LogP contribution in [0.4, 0.5) is 22.7 Å². The smallest absolute Gasteiger partial charge is 0.356 e. The van der Waals surface area contributed by atoms with Crippen LogP contribution in [0.3, 0.4) is 0 Å². The van der Waals surface area contributed by atoms with Gasteiger partial charge in [0.05, 0.1) is 88.2 Å². The lowest BCUT2D eigenvalue weighted by molar-refractivity contribution is -0.383. The van der Waals surface area contributed by atoms with Gasteiger partial charge in [-0.15, -0.1) is 23.2 Å². The molecule has 8 aromatic rings. The molecule has 24 heteroatoms. The van der Waals surface area contributed by atoms with Gasteiger partial charge in [0.15, 0.2) is 11.2 Å². The van der Waals surface area contributed by atoms with Crippen LogP contribution in [0.1, 0.15) is 97.3 Å². The molecule has 0 radical (unpaired) electrons. The number of hydrogen-bond acceptors (Lipinski definition) is 15. The van der Waals surface area contributed by atoms with Crippen molar-refractivity contribution in [2.75, 3.05) is 54.8 Å². The van der Waals surface area contributed by atoms with E-state index < -0.39 is 28.6 Å². The second-order valence-corrected chi connectivity index (χ2v) is 22.6. The number of non-ortho nitro benzene ring substituents is 1. The molecule has 3 amide bonds. The lowest BCUT2D eigenvalue weighted by atomic mass is 10.1. The number of aromatic nitrogens is 4. The third-order valence-corrected chi connectivity index (χ3v) is 13.0. The highest BCUT2D eigenvalue weighted by Crippen LogP contribution is 2.40. The Morgan fingerprint density at radius 3 is 1.28 bits per heavy atom. The summed E-state index contributed by atoms with van der Waals surface area (Å²) in [6.07, 6.45) is 0. The Labute approximate surface area is 499 Å². The number of rotatable bonds is 20. The molecule has 5 N–H and O–H groups in total. The molecule has 20 nitrogen and oxygen atoms in total. The number of para-hydroxylation sites is 2. The summed E-state index contributed by atoms with van der Waals surface area (Å²) in [6, 6.07) is 22.1. The van der Waals surface area contributed by atoms with Gasteiger partial charge in [0.25, 0.3) is 23.4 Å². The third-order valence-electron chi connectivity index (χ3n) is 11.7. The van der Waals surface area contributed by atoms with Crippen molar-refractivity contribution < 1.29 is 53.3 Å². The predicted octanol–water partition coefficient (Wildman–Crippen LogP) is 13.6. The lowest BCUT2D eigenvalue weighted by Crippen LogP contribution is -2.18. The number of methoxy groups -OCH3 is 1. The molecule has 0 unspecified atom stereocenters. The molecule has 0 spiro atoms. The highest BCUT2D eigenvalue weighted by Gasteiger charge is 2.26. The van der Waals surface area contributed by atoms with Gasteiger partial charge in [0.1, 0.15) is 40.1 Å². The van der Waals surface area contributed by atoms with Crippen LogP contribution in [0.2, 0.25) is 0 Å². The molecule has 0 fully saturated rings. The summed E-state index contributed by atoms with van der Waals surface area (Å²) in [5.41, 5.74) is 0.506. The number of nitro groups is 1. The summed E-state index contributed by atoms with van der Waals surface area (Å²) in [5, 5.41) is 22.9. The maximum absolute atomic E-state index is 14.7. The standard InChI is InChI=1S/C57H56Br2N8O11.CH2Cl2.H2O/c1-28(2)24-75-44-20-39(60-50-32(44)12-10-14-36(50)64-55(69)40-21-45(76-25-29(3)4)33-13-11-15-43(67(72)73)51(33)61-40)54(68)65-37-18-16-34(58)48-46(77-26-30(5)6)22-41(62-52(37)48)56(70)66-38-19-17-35(59)49-47(78-27-31(7)8)23-42(57(71)74-9)63-53(38)49;2-1-3;/h10-23,28-31H,24-27H2,1-9H3,(H,64,69)(H,65,68)(H,66,70);1H2;1H2. The van der Waals surface area contributed by atoms with Crippen LogP contribution >= 0.6 is 55.1 Å². The predicted molar refractivity (Wildman–Crippen MR) is 326 cm³/mol. The van der Waals surface area contributed by atoms with Crippen molar-refractivity contribution in [2.24, 2.45) is 23.7 Å². The highest BCUT2D eigenvalue weighted by molar-refractivity contribution is 9.11. The molecule has 0 atom stereocenters. The Bertz CT molecular complexity index is 3720. The van der Waals surface area contributed by atoms with E-state index in [0.29, 0.717) is 54.3 Å². The zero-order chi connectivity index (χ0) is 58.8. The molecular weight excluding hydrogens is 1230 g/mol. The number of pyridine rings is 4. The van der Waals surface area contributed by atoms with Gasteiger partial charge in [-0.3, -0.25) is 24.5 Å². The van der Waals surface area contributed by atoms with E-state index >= 15 is 0 Å². The van der Waals surface area contributed by atoms with Gasteiger partial charge in [-0.25, -0.2) is 24.7 Å². The number of hydrogen-bond donors (Lipinski definition) is 3. The number of benzene rings is 4. The van der Waals surface area contributed by atoms with E-state index in [9.17, 15) is 29.3 Å². The average molecular weight is 1290 g/mol. The highest BCUT2D eigenvalue weighted by atomic mass is 79.9. The van der Waals surface area contributed by atoms with Gasteiger partial charge in [0.2, 0.25) is 0 Å². The number of ether oxygens (including phenoxy) is 5. The number of nitrogens with one attached hydrogen (secondary N) is 3. The Hall–Kier alpha value is -7.50. The molecule has 4 aromatic heterocycles. The van der Waals surface area contributed by atoms with Gasteiger partial charge in [0, 0.05) is 50.0 Å². The molecule has 0 bridgehead atoms. The minimum absolute atomic E-state index is 0. The molecule has 0 aliphatic rings. The first-order valence-corrected chi connectivity index (χ1v) is 28.2. The fourth-order valence-corrected chi connectivity index (χ4v) is 9.04. The fourth-order valence-electron chi connectivity index (χ4n) is 8.01. The van der Waals surface area contributed by atoms with Crippen molar-refractivity contribution in [2.45, 2.75) is 55.4 Å². The van der Waals surface area contributed by atoms with E-state index in [1.165, 1.54) is 43.5 Å². The molecule has 8 rings (SSSR count). The molecule has 0 aliphatic carbocycles. The fraction of sp³-hybridized carbons (Fsp3) is 0.310. The number of fused-ring (bicyclic) bond motifs is 4. The maximum Gasteiger partial charge on any atom is 0.356 e. The number of nitro benzene ring substituents is 1. The molecule has 82 heavy (non-hydrogen) atoms. The zero-order valence-corrected chi connectivity index (χ0v) is 50.9. The molecule has 0 saturated heterocycles. The molecule has 4 aromatic carbocycles. The van der Waals surface area contributed by atoms with E-state index in [2.05, 4.69) is 57.8 Å². The summed E-state index contributed by atoms with van der Waals surface area (Å²) in [6.45, 7) is 16.9. The van der Waals surface area contributed by atoms with E-state index in [4.69, 9.17) is 56.9 Å². The summed E-state index contributed by atoms with van der Waals surface area (Å²) in [4.78, 5) is 86.6. The second-order valence-electron chi connectivity index (χ2n) is 20.1. The van der Waals surface area contributed by atoms with Crippen molar-refractivity contribution in [3.8, 4) is 23.0 Å². The van der Waals surface area contributed by atoms with Crippen molar-refractivity contribution in [3.05, 3.63) is 127 Å². The van der Waals surface area contributed by atoms with E-state index in [0.717, 1.165) is 0 Å². The van der Waals surface area contributed by atoms with E-state index in [-0.39, 0.29) is 128 Å². The van der Waals surface area contributed by atoms with Gasteiger partial charge in [-0.2, -0.15) is 0 Å². The zero-order valence-electron chi connectivity index (χ0n) is 46.2. The summed E-state index contributed by atoms with van der Waals surface area (Å²) in [5.74, 6) is -1.19. The van der Waals surface area contributed by atoms with Crippen LogP contribution in [-0.2, 0) is 4.74 Å². The van der Waals surface area contributed by atoms with Gasteiger partial charge >= 0.3 is 5.97 Å². The number of halogens is 4. The third kappa shape index (κ3) is 15.1. The van der Waals surface area contributed by atoms with Crippen molar-refractivity contribution >= 4 is 145 Å². The minimum Gasteiger partial charge on any atom is -0.493 e. The van der Waals surface area contributed by atoms with E-state index in [1.54, 1.807) is 48.5 Å². The van der Waals surface area contributed by atoms with Crippen LogP contribution in [0.5, 0.6) is 23.0 Å². The summed E-state index contributed by atoms with van der Waals surface area (Å²) >= 11 is 16.8. The molecule has 432 valence electrons. The van der Waals surface area contributed by atoms with Gasteiger partial charge < -0.3 is 45.1 Å². The van der Waals surface area contributed by atoms with Crippen LogP contribution in [-0.4, -0.2) is 92.9 Å². The van der Waals surface area contributed by atoms with Gasteiger partial charge in [-0.05, 0) is 98.0 Å². The topological polar surface area (TPSA) is 277 Å². The van der Waals surface area contributed by atoms with Crippen molar-refractivity contribution in [1.29, 1.82) is 0 Å². The normalized spacial score (nSPS) is 11.1. The Morgan fingerprint density at radius 1 is 0.524 bits per heavy atom. The molecule has 4 heterocycles. The maximum atomic E-state index is 14.7. The SMILES string of the molecule is COC(=O)c1cc(OCC(C)C)c2c(Br)ccc(NC(=O)c3cc(OCC(C)C)c4c(Br)ccc(NC(=O)c5cc(OCC(C)C)c6cccc(NC(=O)c7cc(OCC(C)C)c8cccc([N+](=O)[O-])c8n7)c6n5)c4n3)c2n1.ClCCl.O. The number of alkyl halides is 2. The monoisotopic (exact) mass is 1290 g/mol. The first-order chi connectivity index (χ1) is 38.6. The number of anilines is 3. The number of esters is 1. The summed E-state index contributed by atoms with van der Waals surface area (Å²) in [7, 11) is 1.24. The molecule has 0 saturated carbocycles. The first-order valence-electron chi connectivity index (χ1n) is 25.6. The van der Waals surface area contributed by atoms with Gasteiger partial charge in [-0.1, -0.05) is 67.5 Å².